The summed E-state index contributed by atoms with van der Waals surface area (Å²) >= 11 is 0. The van der Waals surface area contributed by atoms with Crippen LogP contribution in [0.3, 0.4) is 0 Å². The van der Waals surface area contributed by atoms with Crippen molar-refractivity contribution < 1.29 is 19.8 Å². The maximum Gasteiger partial charge on any atom is 0.326 e. The smallest absolute Gasteiger partial charge is 0.326 e. The predicted molar refractivity (Wildman–Crippen MR) is 61.8 cm³/mol. The van der Waals surface area contributed by atoms with Crippen molar-refractivity contribution in [3.05, 3.63) is 29.3 Å². The van der Waals surface area contributed by atoms with Crippen molar-refractivity contribution in [2.24, 2.45) is 0 Å². The number of benzene rings is 1. The molecule has 1 amide bonds. The number of hydrogen-bond donors (Lipinski definition) is 3. The molecule has 0 aliphatic carbocycles. The first kappa shape index (κ1) is 13.0. The van der Waals surface area contributed by atoms with Gasteiger partial charge in [0.25, 0.3) is 0 Å². The Kier molecular flexibility index (Phi) is 4.09. The lowest BCUT2D eigenvalue weighted by molar-refractivity contribution is -0.141. The molecule has 1 rings (SSSR count). The predicted octanol–water partition coefficient (Wildman–Crippen LogP) is 0.832. The second-order valence-electron chi connectivity index (χ2n) is 3.92. The highest BCUT2D eigenvalue weighted by molar-refractivity contribution is 5.82. The lowest BCUT2D eigenvalue weighted by Crippen LogP contribution is -2.41. The average Bonchev–Trinajstić information content (AvgIpc) is 2.21. The molecule has 0 bridgehead atoms. The number of phenols is 1. The first-order valence-corrected chi connectivity index (χ1v) is 5.18. The van der Waals surface area contributed by atoms with E-state index in [9.17, 15) is 14.7 Å². The van der Waals surface area contributed by atoms with E-state index in [1.807, 2.05) is 0 Å². The second kappa shape index (κ2) is 5.34. The monoisotopic (exact) mass is 237 g/mol. The first-order valence-electron chi connectivity index (χ1n) is 5.18. The van der Waals surface area contributed by atoms with Crippen LogP contribution < -0.4 is 5.32 Å². The maximum absolute atomic E-state index is 10.9. The van der Waals surface area contributed by atoms with Gasteiger partial charge in [0, 0.05) is 13.3 Å². The molecule has 5 nitrogen and oxygen atoms in total. The molecule has 17 heavy (non-hydrogen) atoms. The second-order valence-corrected chi connectivity index (χ2v) is 3.92. The van der Waals surface area contributed by atoms with Crippen LogP contribution in [0.15, 0.2) is 18.2 Å². The minimum absolute atomic E-state index is 0.167. The molecule has 0 aromatic heterocycles. The van der Waals surface area contributed by atoms with E-state index in [0.29, 0.717) is 5.56 Å². The Morgan fingerprint density at radius 3 is 2.53 bits per heavy atom. The number of carbonyl (C=O) groups excluding carboxylic acids is 1. The Morgan fingerprint density at radius 2 is 2.06 bits per heavy atom. The standard InChI is InChI=1S/C12H15NO4/c1-7-5-9(3-4-11(7)15)6-10(12(16)17)13-8(2)14/h3-5,10,15H,6H2,1-2H3,(H,13,14)(H,16,17)/t10-/m0/s1. The number of carboxylic acids is 1. The third-order valence-corrected chi connectivity index (χ3v) is 2.38. The van der Waals surface area contributed by atoms with Crippen LogP contribution in [0.5, 0.6) is 5.75 Å². The molecule has 0 unspecified atom stereocenters. The minimum Gasteiger partial charge on any atom is -0.508 e. The van der Waals surface area contributed by atoms with E-state index in [-0.39, 0.29) is 18.1 Å². The summed E-state index contributed by atoms with van der Waals surface area (Å²) in [5, 5.41) is 20.7. The number of carboxylic acid groups (broad SMARTS) is 1. The van der Waals surface area contributed by atoms with Crippen molar-refractivity contribution in [3.8, 4) is 5.75 Å². The number of phenolic OH excluding ortho intramolecular Hbond substituents is 1. The summed E-state index contributed by atoms with van der Waals surface area (Å²) in [6.07, 6.45) is 0.191. The molecule has 1 aromatic carbocycles. The summed E-state index contributed by atoms with van der Waals surface area (Å²) in [6, 6.07) is 3.90. The highest BCUT2D eigenvalue weighted by Crippen LogP contribution is 2.17. The van der Waals surface area contributed by atoms with E-state index >= 15 is 0 Å². The third-order valence-electron chi connectivity index (χ3n) is 2.38. The zero-order valence-electron chi connectivity index (χ0n) is 9.73. The molecule has 3 N–H and O–H groups in total. The van der Waals surface area contributed by atoms with Crippen LogP contribution in [0.25, 0.3) is 0 Å². The molecule has 0 radical (unpaired) electrons. The van der Waals surface area contributed by atoms with E-state index in [2.05, 4.69) is 5.32 Å². The highest BCUT2D eigenvalue weighted by Gasteiger charge is 2.18. The number of amides is 1. The molecular weight excluding hydrogens is 222 g/mol. The van der Waals surface area contributed by atoms with E-state index in [1.54, 1.807) is 19.1 Å². The summed E-state index contributed by atoms with van der Waals surface area (Å²) in [4.78, 5) is 21.8. The number of hydrogen-bond acceptors (Lipinski definition) is 3. The van der Waals surface area contributed by atoms with Crippen LogP contribution in [0.4, 0.5) is 0 Å². The van der Waals surface area contributed by atoms with Gasteiger partial charge < -0.3 is 15.5 Å². The normalized spacial score (nSPS) is 11.9. The molecule has 1 atom stereocenters. The molecule has 0 spiro atoms. The van der Waals surface area contributed by atoms with Gasteiger partial charge in [-0.05, 0) is 24.1 Å². The maximum atomic E-state index is 10.9. The molecule has 5 heteroatoms. The van der Waals surface area contributed by atoms with Crippen molar-refractivity contribution in [3.63, 3.8) is 0 Å². The Bertz CT molecular complexity index is 442. The molecule has 0 heterocycles. The Hall–Kier alpha value is -2.04. The average molecular weight is 237 g/mol. The van der Waals surface area contributed by atoms with Gasteiger partial charge in [-0.25, -0.2) is 4.79 Å². The van der Waals surface area contributed by atoms with Gasteiger partial charge in [0.05, 0.1) is 0 Å². The van der Waals surface area contributed by atoms with Crippen LogP contribution in [0.1, 0.15) is 18.1 Å². The molecule has 0 saturated carbocycles. The molecule has 1 aromatic rings. The minimum atomic E-state index is -1.08. The zero-order valence-corrected chi connectivity index (χ0v) is 9.73. The fraction of sp³-hybridized carbons (Fsp3) is 0.333. The summed E-state index contributed by atoms with van der Waals surface area (Å²) < 4.78 is 0. The van der Waals surface area contributed by atoms with Crippen LogP contribution in [0, 0.1) is 6.92 Å². The lowest BCUT2D eigenvalue weighted by Gasteiger charge is -2.13. The quantitative estimate of drug-likeness (QED) is 0.724. The van der Waals surface area contributed by atoms with Gasteiger partial charge in [-0.2, -0.15) is 0 Å². The van der Waals surface area contributed by atoms with E-state index < -0.39 is 12.0 Å². The Labute approximate surface area is 99.1 Å². The lowest BCUT2D eigenvalue weighted by atomic mass is 10.0. The molecular formula is C12H15NO4. The summed E-state index contributed by atoms with van der Waals surface area (Å²) in [6.45, 7) is 3.00. The summed E-state index contributed by atoms with van der Waals surface area (Å²) in [5.41, 5.74) is 1.43. The van der Waals surface area contributed by atoms with Gasteiger partial charge >= 0.3 is 5.97 Å². The zero-order chi connectivity index (χ0) is 13.0. The number of aromatic hydroxyl groups is 1. The van der Waals surface area contributed by atoms with Gasteiger partial charge in [-0.3, -0.25) is 4.79 Å². The van der Waals surface area contributed by atoms with Crippen molar-refractivity contribution in [1.29, 1.82) is 0 Å². The van der Waals surface area contributed by atoms with Gasteiger partial charge in [0.2, 0.25) is 5.91 Å². The highest BCUT2D eigenvalue weighted by atomic mass is 16.4. The van der Waals surface area contributed by atoms with Crippen molar-refractivity contribution >= 4 is 11.9 Å². The third kappa shape index (κ3) is 3.79. The number of nitrogens with one attached hydrogen (secondary N) is 1. The fourth-order valence-corrected chi connectivity index (χ4v) is 1.53. The molecule has 92 valence electrons. The van der Waals surface area contributed by atoms with Crippen LogP contribution in [-0.4, -0.2) is 28.1 Å². The van der Waals surface area contributed by atoms with Crippen LogP contribution >= 0.6 is 0 Å². The van der Waals surface area contributed by atoms with E-state index in [4.69, 9.17) is 5.11 Å². The number of aryl methyl sites for hydroxylation is 1. The largest absolute Gasteiger partial charge is 0.508 e. The van der Waals surface area contributed by atoms with Crippen LogP contribution in [0.2, 0.25) is 0 Å². The van der Waals surface area contributed by atoms with Crippen LogP contribution in [-0.2, 0) is 16.0 Å². The van der Waals surface area contributed by atoms with Crippen molar-refractivity contribution in [1.82, 2.24) is 5.32 Å². The van der Waals surface area contributed by atoms with Crippen molar-refractivity contribution in [2.45, 2.75) is 26.3 Å². The van der Waals surface area contributed by atoms with Crippen molar-refractivity contribution in [2.75, 3.05) is 0 Å². The van der Waals surface area contributed by atoms with E-state index in [0.717, 1.165) is 5.56 Å². The summed E-state index contributed by atoms with van der Waals surface area (Å²) in [7, 11) is 0. The number of aliphatic carboxylic acids is 1. The molecule has 0 saturated heterocycles. The van der Waals surface area contributed by atoms with Gasteiger partial charge in [-0.1, -0.05) is 12.1 Å². The fourth-order valence-electron chi connectivity index (χ4n) is 1.53. The SMILES string of the molecule is CC(=O)N[C@@H](Cc1ccc(O)c(C)c1)C(=O)O. The van der Waals surface area contributed by atoms with E-state index in [1.165, 1.54) is 13.0 Å². The molecule has 0 aliphatic rings. The molecule has 0 aliphatic heterocycles. The van der Waals surface area contributed by atoms with Gasteiger partial charge in [-0.15, -0.1) is 0 Å². The topological polar surface area (TPSA) is 86.6 Å². The number of carbonyl (C=O) groups is 2. The Morgan fingerprint density at radius 1 is 1.41 bits per heavy atom. The van der Waals surface area contributed by atoms with Gasteiger partial charge in [0.15, 0.2) is 0 Å². The Balaban J connectivity index is 2.82. The first-order chi connectivity index (χ1) is 7.90. The summed E-state index contributed by atoms with van der Waals surface area (Å²) in [5.74, 6) is -1.29. The van der Waals surface area contributed by atoms with Gasteiger partial charge in [0.1, 0.15) is 11.8 Å². The number of rotatable bonds is 4. The molecule has 0 fully saturated rings.